The molecule has 2 rings (SSSR count). The molecule has 3 N–H and O–H groups in total. The highest BCUT2D eigenvalue weighted by Gasteiger charge is 2.12. The van der Waals surface area contributed by atoms with Crippen molar-refractivity contribution in [2.75, 3.05) is 7.05 Å². The second kappa shape index (κ2) is 4.37. The molecule has 1 amide bonds. The normalized spacial score (nSPS) is 10.3. The van der Waals surface area contributed by atoms with Gasteiger partial charge in [0.1, 0.15) is 5.75 Å². The van der Waals surface area contributed by atoms with Gasteiger partial charge in [-0.2, -0.15) is 0 Å². The first-order valence-electron chi connectivity index (χ1n) is 5.25. The van der Waals surface area contributed by atoms with Gasteiger partial charge in [-0.15, -0.1) is 0 Å². The summed E-state index contributed by atoms with van der Waals surface area (Å²) in [5.74, 6) is -1.59. The monoisotopic (exact) mass is 245 g/mol. The summed E-state index contributed by atoms with van der Waals surface area (Å²) in [6, 6.07) is 7.40. The number of rotatable bonds is 2. The molecule has 0 radical (unpaired) electrons. The van der Waals surface area contributed by atoms with Crippen molar-refractivity contribution in [1.29, 1.82) is 0 Å². The number of aromatic hydroxyl groups is 1. The van der Waals surface area contributed by atoms with Gasteiger partial charge in [-0.05, 0) is 35.0 Å². The number of carbonyl (C=O) groups is 2. The number of aromatic carboxylic acids is 1. The van der Waals surface area contributed by atoms with Gasteiger partial charge in [-0.25, -0.2) is 4.79 Å². The Labute approximate surface area is 103 Å². The Morgan fingerprint density at radius 3 is 2.44 bits per heavy atom. The first kappa shape index (κ1) is 11.9. The molecule has 0 aliphatic heterocycles. The molecule has 0 bridgehead atoms. The molecule has 0 saturated heterocycles. The van der Waals surface area contributed by atoms with Gasteiger partial charge in [0.15, 0.2) is 0 Å². The van der Waals surface area contributed by atoms with Crippen LogP contribution in [0, 0.1) is 0 Å². The van der Waals surface area contributed by atoms with Crippen molar-refractivity contribution in [1.82, 2.24) is 5.32 Å². The van der Waals surface area contributed by atoms with E-state index in [1.165, 1.54) is 31.3 Å². The quantitative estimate of drug-likeness (QED) is 0.750. The molecule has 2 aromatic carbocycles. The SMILES string of the molecule is CNC(=O)c1cc2cc(C(=O)O)ccc2cc1O. The van der Waals surface area contributed by atoms with E-state index in [0.717, 1.165) is 0 Å². The Hall–Kier alpha value is -2.56. The highest BCUT2D eigenvalue weighted by molar-refractivity contribution is 6.02. The molecule has 5 nitrogen and oxygen atoms in total. The van der Waals surface area contributed by atoms with Gasteiger partial charge < -0.3 is 15.5 Å². The van der Waals surface area contributed by atoms with Crippen LogP contribution < -0.4 is 5.32 Å². The van der Waals surface area contributed by atoms with Crippen LogP contribution in [0.5, 0.6) is 5.75 Å². The number of carboxylic acid groups (broad SMARTS) is 1. The summed E-state index contributed by atoms with van der Waals surface area (Å²) in [5.41, 5.74) is 0.253. The maximum Gasteiger partial charge on any atom is 0.335 e. The van der Waals surface area contributed by atoms with E-state index in [9.17, 15) is 14.7 Å². The predicted octanol–water partition coefficient (Wildman–Crippen LogP) is 1.60. The second-order valence-electron chi connectivity index (χ2n) is 3.82. The zero-order valence-electron chi connectivity index (χ0n) is 9.60. The van der Waals surface area contributed by atoms with E-state index in [0.29, 0.717) is 10.8 Å². The second-order valence-corrected chi connectivity index (χ2v) is 3.82. The highest BCUT2D eigenvalue weighted by atomic mass is 16.4. The number of carbonyl (C=O) groups excluding carboxylic acids is 1. The summed E-state index contributed by atoms with van der Waals surface area (Å²) in [6.45, 7) is 0. The minimum absolute atomic E-state index is 0.118. The van der Waals surface area contributed by atoms with Gasteiger partial charge in [-0.3, -0.25) is 4.79 Å². The Morgan fingerprint density at radius 2 is 1.83 bits per heavy atom. The molecule has 0 aliphatic carbocycles. The van der Waals surface area contributed by atoms with Crippen molar-refractivity contribution in [2.24, 2.45) is 0 Å². The van der Waals surface area contributed by atoms with Crippen LogP contribution in [0.15, 0.2) is 30.3 Å². The Bertz CT molecular complexity index is 649. The molecule has 0 atom stereocenters. The first-order chi connectivity index (χ1) is 8.52. The molecule has 0 aliphatic rings. The zero-order valence-corrected chi connectivity index (χ0v) is 9.60. The summed E-state index contributed by atoms with van der Waals surface area (Å²) >= 11 is 0. The lowest BCUT2D eigenvalue weighted by Gasteiger charge is -2.06. The maximum absolute atomic E-state index is 11.5. The van der Waals surface area contributed by atoms with Crippen molar-refractivity contribution in [3.05, 3.63) is 41.5 Å². The smallest absolute Gasteiger partial charge is 0.335 e. The van der Waals surface area contributed by atoms with Crippen LogP contribution in [0.2, 0.25) is 0 Å². The third-order valence-electron chi connectivity index (χ3n) is 2.67. The van der Waals surface area contributed by atoms with E-state index in [2.05, 4.69) is 5.32 Å². The Kier molecular flexibility index (Phi) is 2.89. The lowest BCUT2D eigenvalue weighted by molar-refractivity contribution is 0.0697. The third kappa shape index (κ3) is 1.98. The molecule has 92 valence electrons. The van der Waals surface area contributed by atoms with Gasteiger partial charge in [0.25, 0.3) is 5.91 Å². The number of phenolic OH excluding ortho intramolecular Hbond substituents is 1. The standard InChI is InChI=1S/C13H11NO4/c1-14-12(16)10-5-9-4-8(13(17)18)3-2-7(9)6-11(10)15/h2-6,15H,1H3,(H,14,16)(H,17,18). The molecule has 0 spiro atoms. The molecule has 0 saturated carbocycles. The van der Waals surface area contributed by atoms with Crippen LogP contribution >= 0.6 is 0 Å². The van der Waals surface area contributed by atoms with Crippen molar-refractivity contribution in [2.45, 2.75) is 0 Å². The topological polar surface area (TPSA) is 86.6 Å². The third-order valence-corrected chi connectivity index (χ3v) is 2.67. The Morgan fingerprint density at radius 1 is 1.11 bits per heavy atom. The summed E-state index contributed by atoms with van der Waals surface area (Å²) in [6.07, 6.45) is 0. The van der Waals surface area contributed by atoms with Gasteiger partial charge in [0.05, 0.1) is 11.1 Å². The van der Waals surface area contributed by atoms with Gasteiger partial charge in [-0.1, -0.05) is 6.07 Å². The van der Waals surface area contributed by atoms with Crippen LogP contribution in [-0.4, -0.2) is 29.1 Å². The lowest BCUT2D eigenvalue weighted by Crippen LogP contribution is -2.17. The largest absolute Gasteiger partial charge is 0.507 e. The first-order valence-corrected chi connectivity index (χ1v) is 5.25. The molecule has 5 heteroatoms. The van der Waals surface area contributed by atoms with E-state index in [4.69, 9.17) is 5.11 Å². The van der Waals surface area contributed by atoms with Crippen LogP contribution in [0.3, 0.4) is 0 Å². The molecule has 0 heterocycles. The van der Waals surface area contributed by atoms with Gasteiger partial charge in [0, 0.05) is 7.05 Å². The van der Waals surface area contributed by atoms with E-state index < -0.39 is 11.9 Å². The summed E-state index contributed by atoms with van der Waals surface area (Å²) in [4.78, 5) is 22.4. The Balaban J connectivity index is 2.66. The van der Waals surface area contributed by atoms with Crippen molar-refractivity contribution in [3.8, 4) is 5.75 Å². The minimum atomic E-state index is -1.04. The van der Waals surface area contributed by atoms with Crippen LogP contribution in [-0.2, 0) is 0 Å². The van der Waals surface area contributed by atoms with E-state index >= 15 is 0 Å². The summed E-state index contributed by atoms with van der Waals surface area (Å²) in [7, 11) is 1.46. The van der Waals surface area contributed by atoms with E-state index in [1.807, 2.05) is 0 Å². The summed E-state index contributed by atoms with van der Waals surface area (Å²) in [5, 5.41) is 22.3. The van der Waals surface area contributed by atoms with Crippen LogP contribution in [0.4, 0.5) is 0 Å². The molecule has 2 aromatic rings. The fourth-order valence-electron chi connectivity index (χ4n) is 1.74. The van der Waals surface area contributed by atoms with Crippen molar-refractivity contribution >= 4 is 22.6 Å². The van der Waals surface area contributed by atoms with Crippen LogP contribution in [0.25, 0.3) is 10.8 Å². The number of phenols is 1. The van der Waals surface area contributed by atoms with Gasteiger partial charge in [0.2, 0.25) is 0 Å². The number of nitrogens with one attached hydrogen (secondary N) is 1. The molecule has 0 fully saturated rings. The fourth-order valence-corrected chi connectivity index (χ4v) is 1.74. The molecule has 18 heavy (non-hydrogen) atoms. The predicted molar refractivity (Wildman–Crippen MR) is 66.0 cm³/mol. The number of benzene rings is 2. The van der Waals surface area contributed by atoms with Gasteiger partial charge >= 0.3 is 5.97 Å². The fraction of sp³-hybridized carbons (Fsp3) is 0.0769. The minimum Gasteiger partial charge on any atom is -0.507 e. The molecular formula is C13H11NO4. The highest BCUT2D eigenvalue weighted by Crippen LogP contribution is 2.25. The molecular weight excluding hydrogens is 234 g/mol. The van der Waals surface area contributed by atoms with E-state index in [1.54, 1.807) is 6.07 Å². The average molecular weight is 245 g/mol. The van der Waals surface area contributed by atoms with Crippen molar-refractivity contribution in [3.63, 3.8) is 0 Å². The number of hydrogen-bond donors (Lipinski definition) is 3. The van der Waals surface area contributed by atoms with E-state index in [-0.39, 0.29) is 16.9 Å². The number of hydrogen-bond acceptors (Lipinski definition) is 3. The van der Waals surface area contributed by atoms with Crippen molar-refractivity contribution < 1.29 is 19.8 Å². The molecule has 0 aromatic heterocycles. The summed E-state index contributed by atoms with van der Waals surface area (Å²) < 4.78 is 0. The van der Waals surface area contributed by atoms with Crippen LogP contribution in [0.1, 0.15) is 20.7 Å². The maximum atomic E-state index is 11.5. The average Bonchev–Trinajstić information content (AvgIpc) is 2.36. The zero-order chi connectivity index (χ0) is 13.3. The lowest BCUT2D eigenvalue weighted by atomic mass is 10.0. The molecule has 0 unspecified atom stereocenters. The number of amides is 1. The number of fused-ring (bicyclic) bond motifs is 1. The number of carboxylic acids is 1.